The minimum Gasteiger partial charge on any atom is -0.482 e. The quantitative estimate of drug-likeness (QED) is 0.738. The van der Waals surface area contributed by atoms with Crippen molar-refractivity contribution in [1.29, 1.82) is 0 Å². The molecule has 8 heteroatoms. The third-order valence-electron chi connectivity index (χ3n) is 4.81. The number of fused-ring (bicyclic) bond motifs is 1. The van der Waals surface area contributed by atoms with E-state index in [9.17, 15) is 4.79 Å². The molecular formula is C20H20Cl2N2O4. The van der Waals surface area contributed by atoms with Gasteiger partial charge < -0.3 is 19.1 Å². The smallest absolute Gasteiger partial charge is 0.260 e. The fourth-order valence-corrected chi connectivity index (χ4v) is 3.74. The van der Waals surface area contributed by atoms with Crippen LogP contribution in [0.15, 0.2) is 36.4 Å². The second-order valence-corrected chi connectivity index (χ2v) is 7.55. The molecule has 0 bridgehead atoms. The molecule has 1 saturated heterocycles. The van der Waals surface area contributed by atoms with Gasteiger partial charge in [0.05, 0.1) is 5.02 Å². The van der Waals surface area contributed by atoms with Gasteiger partial charge in [-0.05, 0) is 35.9 Å². The van der Waals surface area contributed by atoms with Crippen LogP contribution < -0.4 is 14.2 Å². The van der Waals surface area contributed by atoms with E-state index in [0.717, 1.165) is 31.1 Å². The normalized spacial score (nSPS) is 16.3. The number of hydrogen-bond acceptors (Lipinski definition) is 5. The zero-order valence-electron chi connectivity index (χ0n) is 15.2. The van der Waals surface area contributed by atoms with Crippen molar-refractivity contribution in [1.82, 2.24) is 9.80 Å². The Balaban J connectivity index is 1.25. The van der Waals surface area contributed by atoms with Crippen molar-refractivity contribution in [2.75, 3.05) is 39.6 Å². The Morgan fingerprint density at radius 2 is 1.79 bits per heavy atom. The van der Waals surface area contributed by atoms with E-state index in [1.54, 1.807) is 18.2 Å². The van der Waals surface area contributed by atoms with Gasteiger partial charge in [0.25, 0.3) is 5.91 Å². The van der Waals surface area contributed by atoms with E-state index in [-0.39, 0.29) is 19.3 Å². The largest absolute Gasteiger partial charge is 0.482 e. The van der Waals surface area contributed by atoms with Crippen LogP contribution in [0.25, 0.3) is 0 Å². The van der Waals surface area contributed by atoms with Crippen LogP contribution in [-0.4, -0.2) is 55.3 Å². The molecule has 0 spiro atoms. The number of carbonyl (C=O) groups is 1. The Morgan fingerprint density at radius 3 is 2.57 bits per heavy atom. The maximum Gasteiger partial charge on any atom is 0.260 e. The number of piperazine rings is 1. The lowest BCUT2D eigenvalue weighted by molar-refractivity contribution is -0.135. The molecular weight excluding hydrogens is 403 g/mol. The van der Waals surface area contributed by atoms with Crippen LogP contribution in [-0.2, 0) is 11.3 Å². The zero-order chi connectivity index (χ0) is 19.5. The van der Waals surface area contributed by atoms with E-state index in [2.05, 4.69) is 11.0 Å². The Labute approximate surface area is 173 Å². The first kappa shape index (κ1) is 19.2. The summed E-state index contributed by atoms with van der Waals surface area (Å²) < 4.78 is 16.3. The van der Waals surface area contributed by atoms with Crippen molar-refractivity contribution in [3.05, 3.63) is 52.0 Å². The van der Waals surface area contributed by atoms with Crippen LogP contribution in [0.5, 0.6) is 17.2 Å². The van der Waals surface area contributed by atoms with E-state index in [1.165, 1.54) is 5.56 Å². The van der Waals surface area contributed by atoms with E-state index >= 15 is 0 Å². The summed E-state index contributed by atoms with van der Waals surface area (Å²) in [6, 6.07) is 11.0. The highest BCUT2D eigenvalue weighted by molar-refractivity contribution is 6.35. The highest BCUT2D eigenvalue weighted by atomic mass is 35.5. The molecule has 0 aliphatic carbocycles. The lowest BCUT2D eigenvalue weighted by Crippen LogP contribution is -2.49. The minimum atomic E-state index is -0.0475. The number of nitrogens with zero attached hydrogens (tertiary/aromatic N) is 2. The van der Waals surface area contributed by atoms with Gasteiger partial charge in [0, 0.05) is 37.7 Å². The molecule has 2 aromatic rings. The maximum absolute atomic E-state index is 12.4. The molecule has 4 rings (SSSR count). The van der Waals surface area contributed by atoms with Crippen LogP contribution in [0.1, 0.15) is 5.56 Å². The summed E-state index contributed by atoms with van der Waals surface area (Å²) >= 11 is 11.9. The topological polar surface area (TPSA) is 51.2 Å². The number of hydrogen-bond donors (Lipinski definition) is 0. The molecule has 0 N–H and O–H groups in total. The summed E-state index contributed by atoms with van der Waals surface area (Å²) in [6.45, 7) is 4.01. The number of halogens is 2. The van der Waals surface area contributed by atoms with Gasteiger partial charge in [-0.2, -0.15) is 0 Å². The van der Waals surface area contributed by atoms with Gasteiger partial charge in [-0.1, -0.05) is 29.3 Å². The highest BCUT2D eigenvalue weighted by Crippen LogP contribution is 2.33. The summed E-state index contributed by atoms with van der Waals surface area (Å²) in [7, 11) is 0. The second-order valence-electron chi connectivity index (χ2n) is 6.71. The molecule has 2 aliphatic rings. The van der Waals surface area contributed by atoms with E-state index in [0.29, 0.717) is 28.9 Å². The van der Waals surface area contributed by atoms with Gasteiger partial charge >= 0.3 is 0 Å². The SMILES string of the molecule is O=C(COc1ccc(Cl)cc1Cl)N1CCN(Cc2ccc3c(c2)OCO3)CC1. The van der Waals surface area contributed by atoms with E-state index < -0.39 is 0 Å². The number of amides is 1. The van der Waals surface area contributed by atoms with Gasteiger partial charge in [-0.3, -0.25) is 9.69 Å². The summed E-state index contributed by atoms with van der Waals surface area (Å²) in [5, 5.41) is 0.927. The molecule has 1 amide bonds. The molecule has 0 radical (unpaired) electrons. The van der Waals surface area contributed by atoms with Crippen LogP contribution in [0.4, 0.5) is 0 Å². The van der Waals surface area contributed by atoms with Gasteiger partial charge in [0.1, 0.15) is 5.75 Å². The molecule has 0 aromatic heterocycles. The molecule has 28 heavy (non-hydrogen) atoms. The Kier molecular flexibility index (Phi) is 5.80. The highest BCUT2D eigenvalue weighted by Gasteiger charge is 2.22. The molecule has 2 heterocycles. The predicted octanol–water partition coefficient (Wildman–Crippen LogP) is 3.45. The second kappa shape index (κ2) is 8.47. The molecule has 2 aliphatic heterocycles. The first-order valence-corrected chi connectivity index (χ1v) is 9.80. The molecule has 1 fully saturated rings. The van der Waals surface area contributed by atoms with Crippen molar-refractivity contribution in [2.24, 2.45) is 0 Å². The third kappa shape index (κ3) is 4.46. The van der Waals surface area contributed by atoms with Crippen molar-refractivity contribution in [3.8, 4) is 17.2 Å². The summed E-state index contributed by atoms with van der Waals surface area (Å²) in [4.78, 5) is 16.6. The number of rotatable bonds is 5. The Hall–Kier alpha value is -2.15. The zero-order valence-corrected chi connectivity index (χ0v) is 16.7. The lowest BCUT2D eigenvalue weighted by atomic mass is 10.1. The van der Waals surface area contributed by atoms with Crippen molar-refractivity contribution in [2.45, 2.75) is 6.54 Å². The number of ether oxygens (including phenoxy) is 3. The van der Waals surface area contributed by atoms with Gasteiger partial charge in [0.15, 0.2) is 18.1 Å². The monoisotopic (exact) mass is 422 g/mol. The average molecular weight is 423 g/mol. The predicted molar refractivity (Wildman–Crippen MR) is 106 cm³/mol. The van der Waals surface area contributed by atoms with Crippen LogP contribution >= 0.6 is 23.2 Å². The van der Waals surface area contributed by atoms with Crippen molar-refractivity contribution in [3.63, 3.8) is 0 Å². The molecule has 6 nitrogen and oxygen atoms in total. The molecule has 0 atom stereocenters. The van der Waals surface area contributed by atoms with Crippen LogP contribution in [0, 0.1) is 0 Å². The maximum atomic E-state index is 12.4. The van der Waals surface area contributed by atoms with E-state index in [4.69, 9.17) is 37.4 Å². The minimum absolute atomic E-state index is 0.0382. The molecule has 0 unspecified atom stereocenters. The lowest BCUT2D eigenvalue weighted by Gasteiger charge is -2.34. The first-order chi connectivity index (χ1) is 13.6. The summed E-state index contributed by atoms with van der Waals surface area (Å²) in [6.07, 6.45) is 0. The number of carbonyl (C=O) groups excluding carboxylic acids is 1. The molecule has 0 saturated carbocycles. The van der Waals surface area contributed by atoms with Gasteiger partial charge in [-0.15, -0.1) is 0 Å². The van der Waals surface area contributed by atoms with Gasteiger partial charge in [0.2, 0.25) is 6.79 Å². The molecule has 148 valence electrons. The van der Waals surface area contributed by atoms with Crippen LogP contribution in [0.3, 0.4) is 0 Å². The third-order valence-corrected chi connectivity index (χ3v) is 5.34. The fourth-order valence-electron chi connectivity index (χ4n) is 3.28. The van der Waals surface area contributed by atoms with Crippen molar-refractivity contribution < 1.29 is 19.0 Å². The van der Waals surface area contributed by atoms with Gasteiger partial charge in [-0.25, -0.2) is 0 Å². The average Bonchev–Trinajstić information content (AvgIpc) is 3.15. The first-order valence-electron chi connectivity index (χ1n) is 9.05. The fraction of sp³-hybridized carbons (Fsp3) is 0.350. The number of benzene rings is 2. The van der Waals surface area contributed by atoms with E-state index in [1.807, 2.05) is 17.0 Å². The Bertz CT molecular complexity index is 869. The van der Waals surface area contributed by atoms with Crippen molar-refractivity contribution >= 4 is 29.1 Å². The molecule has 2 aromatic carbocycles. The summed E-state index contributed by atoms with van der Waals surface area (Å²) in [5.41, 5.74) is 1.17. The van der Waals surface area contributed by atoms with Crippen LogP contribution in [0.2, 0.25) is 10.0 Å². The standard InChI is InChI=1S/C20H20Cl2N2O4/c21-15-2-4-17(16(22)10-15)26-12-20(25)24-7-5-23(6-8-24)11-14-1-3-18-19(9-14)28-13-27-18/h1-4,9-10H,5-8,11-13H2. The Morgan fingerprint density at radius 1 is 1.00 bits per heavy atom. The summed E-state index contributed by atoms with van der Waals surface area (Å²) in [5.74, 6) is 2.00.